The summed E-state index contributed by atoms with van der Waals surface area (Å²) >= 11 is 0. The van der Waals surface area contributed by atoms with Gasteiger partial charge in [-0.15, -0.1) is 0 Å². The number of nitrogens with zero attached hydrogens (tertiary/aromatic N) is 1. The maximum absolute atomic E-state index is 2.49. The predicted molar refractivity (Wildman–Crippen MR) is 258 cm³/mol. The van der Waals surface area contributed by atoms with Gasteiger partial charge in [0.1, 0.15) is 0 Å². The number of anilines is 3. The zero-order chi connectivity index (χ0) is 40.8. The molecule has 0 heterocycles. The van der Waals surface area contributed by atoms with Gasteiger partial charge in [0, 0.05) is 22.2 Å². The molecule has 10 aromatic rings. The lowest BCUT2D eigenvalue weighted by atomic mass is 9.74. The quantitative estimate of drug-likeness (QED) is 0.149. The summed E-state index contributed by atoms with van der Waals surface area (Å²) in [6, 6.07) is 88.7. The van der Waals surface area contributed by atoms with E-state index in [4.69, 9.17) is 0 Å². The van der Waals surface area contributed by atoms with E-state index in [0.717, 1.165) is 17.1 Å². The van der Waals surface area contributed by atoms with Gasteiger partial charge >= 0.3 is 0 Å². The molecular weight excluding hydrogens is 735 g/mol. The van der Waals surface area contributed by atoms with Crippen LogP contribution in [0.25, 0.3) is 66.4 Å². The van der Waals surface area contributed by atoms with E-state index in [1.165, 1.54) is 83.1 Å². The number of benzene rings is 10. The molecular formula is C60H43N. The number of hydrogen-bond donors (Lipinski definition) is 0. The third kappa shape index (κ3) is 6.26. The topological polar surface area (TPSA) is 3.24 Å². The van der Waals surface area contributed by atoms with Gasteiger partial charge in [0.05, 0.1) is 11.4 Å². The molecule has 0 radical (unpaired) electrons. The second kappa shape index (κ2) is 15.1. The highest BCUT2D eigenvalue weighted by atomic mass is 15.1. The van der Waals surface area contributed by atoms with Crippen molar-refractivity contribution in [2.45, 2.75) is 12.3 Å². The molecule has 0 fully saturated rings. The minimum atomic E-state index is -0.320. The van der Waals surface area contributed by atoms with Crippen LogP contribution in [0.15, 0.2) is 243 Å². The van der Waals surface area contributed by atoms with Crippen molar-refractivity contribution in [2.75, 3.05) is 4.90 Å². The van der Waals surface area contributed by atoms with E-state index < -0.39 is 0 Å². The van der Waals surface area contributed by atoms with E-state index >= 15 is 0 Å². The van der Waals surface area contributed by atoms with Gasteiger partial charge in [-0.2, -0.15) is 0 Å². The predicted octanol–water partition coefficient (Wildman–Crippen LogP) is 16.3. The normalized spacial score (nSPS) is 14.0. The Morgan fingerprint density at radius 1 is 0.328 bits per heavy atom. The van der Waals surface area contributed by atoms with Gasteiger partial charge in [0.2, 0.25) is 0 Å². The van der Waals surface area contributed by atoms with Crippen LogP contribution in [0.4, 0.5) is 17.1 Å². The summed E-state index contributed by atoms with van der Waals surface area (Å²) in [6.45, 7) is 2.39. The first-order valence-electron chi connectivity index (χ1n) is 21.2. The van der Waals surface area contributed by atoms with Crippen molar-refractivity contribution in [3.05, 3.63) is 259 Å². The number of para-hydroxylation sites is 1. The minimum Gasteiger partial charge on any atom is -0.309 e. The summed E-state index contributed by atoms with van der Waals surface area (Å²) < 4.78 is 0. The molecule has 1 aliphatic rings. The van der Waals surface area contributed by atoms with Crippen LogP contribution in [0.5, 0.6) is 0 Å². The van der Waals surface area contributed by atoms with E-state index in [-0.39, 0.29) is 5.41 Å². The molecule has 1 atom stereocenters. The molecule has 0 saturated heterocycles. The first-order chi connectivity index (χ1) is 30.1. The summed E-state index contributed by atoms with van der Waals surface area (Å²) in [5, 5.41) is 2.51. The van der Waals surface area contributed by atoms with Crippen molar-refractivity contribution >= 4 is 27.8 Å². The molecule has 0 bridgehead atoms. The van der Waals surface area contributed by atoms with E-state index in [0.29, 0.717) is 0 Å². The highest BCUT2D eigenvalue weighted by Crippen LogP contribution is 2.57. The third-order valence-corrected chi connectivity index (χ3v) is 12.8. The molecule has 61 heavy (non-hydrogen) atoms. The van der Waals surface area contributed by atoms with Crippen LogP contribution < -0.4 is 4.90 Å². The van der Waals surface area contributed by atoms with Crippen LogP contribution >= 0.6 is 0 Å². The van der Waals surface area contributed by atoms with Crippen molar-refractivity contribution in [3.63, 3.8) is 0 Å². The number of hydrogen-bond acceptors (Lipinski definition) is 1. The first-order valence-corrected chi connectivity index (χ1v) is 21.2. The summed E-state index contributed by atoms with van der Waals surface area (Å²) in [7, 11) is 0. The molecule has 1 heteroatoms. The van der Waals surface area contributed by atoms with Gasteiger partial charge in [0.25, 0.3) is 0 Å². The molecule has 0 N–H and O–H groups in total. The van der Waals surface area contributed by atoms with Crippen molar-refractivity contribution in [1.82, 2.24) is 0 Å². The van der Waals surface area contributed by atoms with E-state index in [1.807, 2.05) is 0 Å². The summed E-state index contributed by atoms with van der Waals surface area (Å²) in [5.41, 5.74) is 19.1. The highest BCUT2D eigenvalue weighted by molar-refractivity contribution is 6.00. The summed E-state index contributed by atoms with van der Waals surface area (Å²) in [5.74, 6) is 0. The van der Waals surface area contributed by atoms with Crippen molar-refractivity contribution in [1.29, 1.82) is 0 Å². The number of rotatable bonds is 8. The monoisotopic (exact) mass is 777 g/mol. The van der Waals surface area contributed by atoms with E-state index in [2.05, 4.69) is 254 Å². The molecule has 288 valence electrons. The maximum atomic E-state index is 2.49. The molecule has 11 rings (SSSR count). The molecule has 0 amide bonds. The molecule has 10 aromatic carbocycles. The van der Waals surface area contributed by atoms with Crippen molar-refractivity contribution in [2.24, 2.45) is 0 Å². The Bertz CT molecular complexity index is 3180. The number of fused-ring (bicyclic) bond motifs is 4. The smallest absolute Gasteiger partial charge is 0.0543 e. The Balaban J connectivity index is 1.08. The molecule has 0 aromatic heterocycles. The lowest BCUT2D eigenvalue weighted by Gasteiger charge is -2.31. The van der Waals surface area contributed by atoms with Crippen LogP contribution in [0.1, 0.15) is 23.6 Å². The second-order valence-electron chi connectivity index (χ2n) is 16.2. The standard InChI is InChI=1S/C60H43N/c1-60(49-23-6-3-7-24-49)55-29-12-10-27-54(55)59-56(60)30-16-32-58(59)61(50-39-37-43(38-40-50)48-22-14-21-47(41-48)42-17-4-2-5-18-42)57-31-13-11-26-53(57)46-35-33-45(34-36-46)52-28-15-20-44-19-8-9-25-51(44)52/h2-41H,1H3. The SMILES string of the molecule is CC1(c2ccccc2)c2ccccc2-c2c(N(c3ccc(-c4cccc(-c5ccccc5)c4)cc3)c3ccccc3-c3ccc(-c4cccc5ccccc45)cc3)cccc21. The van der Waals surface area contributed by atoms with Crippen LogP contribution in [0, 0.1) is 0 Å². The molecule has 0 spiro atoms. The van der Waals surface area contributed by atoms with Gasteiger partial charge < -0.3 is 4.90 Å². The molecule has 1 nitrogen and oxygen atoms in total. The van der Waals surface area contributed by atoms with Crippen LogP contribution in [0.3, 0.4) is 0 Å². The largest absolute Gasteiger partial charge is 0.309 e. The van der Waals surface area contributed by atoms with Gasteiger partial charge in [-0.25, -0.2) is 0 Å². The Morgan fingerprint density at radius 3 is 1.59 bits per heavy atom. The average molecular weight is 778 g/mol. The first kappa shape index (κ1) is 36.3. The third-order valence-electron chi connectivity index (χ3n) is 12.8. The van der Waals surface area contributed by atoms with Crippen molar-refractivity contribution in [3.8, 4) is 55.6 Å². The van der Waals surface area contributed by atoms with Gasteiger partial charge in [-0.3, -0.25) is 0 Å². The van der Waals surface area contributed by atoms with Crippen LogP contribution in [-0.2, 0) is 5.41 Å². The second-order valence-corrected chi connectivity index (χ2v) is 16.2. The van der Waals surface area contributed by atoms with Crippen LogP contribution in [0.2, 0.25) is 0 Å². The zero-order valence-corrected chi connectivity index (χ0v) is 34.0. The molecule has 1 unspecified atom stereocenters. The Kier molecular flexibility index (Phi) is 9.02. The lowest BCUT2D eigenvalue weighted by molar-refractivity contribution is 0.714. The lowest BCUT2D eigenvalue weighted by Crippen LogP contribution is -2.22. The van der Waals surface area contributed by atoms with Gasteiger partial charge in [-0.05, 0) is 109 Å². The molecule has 1 aliphatic carbocycles. The van der Waals surface area contributed by atoms with Crippen LogP contribution in [-0.4, -0.2) is 0 Å². The van der Waals surface area contributed by atoms with E-state index in [1.54, 1.807) is 0 Å². The fraction of sp³-hybridized carbons (Fsp3) is 0.0333. The van der Waals surface area contributed by atoms with E-state index in [9.17, 15) is 0 Å². The minimum absolute atomic E-state index is 0.320. The Morgan fingerprint density at radius 2 is 0.820 bits per heavy atom. The van der Waals surface area contributed by atoms with Gasteiger partial charge in [-0.1, -0.05) is 212 Å². The maximum Gasteiger partial charge on any atom is 0.0543 e. The van der Waals surface area contributed by atoms with Gasteiger partial charge in [0.15, 0.2) is 0 Å². The molecule has 0 aliphatic heterocycles. The Labute approximate surface area is 358 Å². The average Bonchev–Trinajstić information content (AvgIpc) is 3.61. The molecule has 0 saturated carbocycles. The highest BCUT2D eigenvalue weighted by Gasteiger charge is 2.42. The summed E-state index contributed by atoms with van der Waals surface area (Å²) in [4.78, 5) is 2.49. The van der Waals surface area contributed by atoms with Crippen molar-refractivity contribution < 1.29 is 0 Å². The fourth-order valence-electron chi connectivity index (χ4n) is 9.73. The Hall–Kier alpha value is -7.74. The zero-order valence-electron chi connectivity index (χ0n) is 34.0. The summed E-state index contributed by atoms with van der Waals surface area (Å²) in [6.07, 6.45) is 0. The fourth-order valence-corrected chi connectivity index (χ4v) is 9.73.